The molecule has 0 aliphatic heterocycles. The molecule has 26 heavy (non-hydrogen) atoms. The number of esters is 1. The predicted molar refractivity (Wildman–Crippen MR) is 107 cm³/mol. The van der Waals surface area contributed by atoms with Gasteiger partial charge in [0.1, 0.15) is 4.90 Å². The zero-order valence-electron chi connectivity index (χ0n) is 15.0. The largest absolute Gasteiger partial charge is 0.469 e. The summed E-state index contributed by atoms with van der Waals surface area (Å²) in [7, 11) is -2.34. The van der Waals surface area contributed by atoms with Gasteiger partial charge in [-0.1, -0.05) is 25.4 Å². The third-order valence-corrected chi connectivity index (χ3v) is 6.36. The average molecular weight is 422 g/mol. The van der Waals surface area contributed by atoms with E-state index in [-0.39, 0.29) is 15.9 Å². The van der Waals surface area contributed by atoms with E-state index in [1.807, 2.05) is 0 Å². The lowest BCUT2D eigenvalue weighted by Crippen LogP contribution is -2.31. The summed E-state index contributed by atoms with van der Waals surface area (Å²) < 4.78 is 31.2. The number of hydrogen-bond donors (Lipinski definition) is 2. The Labute approximate surface area is 165 Å². The maximum Gasteiger partial charge on any atom is 0.305 e. The van der Waals surface area contributed by atoms with Crippen LogP contribution in [0.3, 0.4) is 0 Å². The summed E-state index contributed by atoms with van der Waals surface area (Å²) in [5, 5.41) is 6.34. The lowest BCUT2D eigenvalue weighted by Gasteiger charge is -2.20. The Morgan fingerprint density at radius 2 is 1.96 bits per heavy atom. The SMILES string of the molecule is CCN(CC)S(=O)(=O)c1cc(NC(=S)NCCCC(=O)OC)ccc1Cl. The fraction of sp³-hybridized carbons (Fsp3) is 0.500. The molecule has 0 saturated heterocycles. The summed E-state index contributed by atoms with van der Waals surface area (Å²) in [5.41, 5.74) is 0.505. The number of rotatable bonds is 9. The number of methoxy groups -OCH3 is 1. The van der Waals surface area contributed by atoms with Gasteiger partial charge in [0.2, 0.25) is 10.0 Å². The van der Waals surface area contributed by atoms with Gasteiger partial charge in [-0.05, 0) is 36.8 Å². The van der Waals surface area contributed by atoms with Crippen LogP contribution in [0, 0.1) is 0 Å². The van der Waals surface area contributed by atoms with Gasteiger partial charge in [0.15, 0.2) is 5.11 Å². The molecule has 0 unspecified atom stereocenters. The maximum absolute atomic E-state index is 12.7. The first kappa shape index (κ1) is 22.6. The number of nitrogens with zero attached hydrogens (tertiary/aromatic N) is 1. The Morgan fingerprint density at radius 1 is 1.31 bits per heavy atom. The minimum absolute atomic E-state index is 0.0290. The molecular weight excluding hydrogens is 398 g/mol. The Morgan fingerprint density at radius 3 is 2.54 bits per heavy atom. The van der Waals surface area contributed by atoms with Crippen molar-refractivity contribution in [2.45, 2.75) is 31.6 Å². The van der Waals surface area contributed by atoms with Crippen molar-refractivity contribution in [2.24, 2.45) is 0 Å². The number of thiocarbonyl (C=S) groups is 1. The molecule has 0 radical (unpaired) electrons. The second-order valence-electron chi connectivity index (χ2n) is 5.30. The summed E-state index contributed by atoms with van der Waals surface area (Å²) in [4.78, 5) is 11.1. The Bertz CT molecular complexity index is 737. The van der Waals surface area contributed by atoms with E-state index in [1.54, 1.807) is 19.9 Å². The van der Waals surface area contributed by atoms with Crippen LogP contribution in [0.2, 0.25) is 5.02 Å². The highest BCUT2D eigenvalue weighted by Crippen LogP contribution is 2.27. The van der Waals surface area contributed by atoms with Crippen molar-refractivity contribution < 1.29 is 17.9 Å². The van der Waals surface area contributed by atoms with Gasteiger partial charge in [0.25, 0.3) is 0 Å². The number of hydrogen-bond acceptors (Lipinski definition) is 5. The topological polar surface area (TPSA) is 87.7 Å². The quantitative estimate of drug-likeness (QED) is 0.360. The molecular formula is C16H24ClN3O4S2. The molecule has 0 amide bonds. The Balaban J connectivity index is 2.78. The molecule has 1 aromatic rings. The molecule has 1 aromatic carbocycles. The molecule has 0 bridgehead atoms. The minimum atomic E-state index is -3.68. The third-order valence-electron chi connectivity index (χ3n) is 3.58. The number of benzene rings is 1. The van der Waals surface area contributed by atoms with Crippen LogP contribution in [-0.2, 0) is 19.6 Å². The van der Waals surface area contributed by atoms with Crippen molar-refractivity contribution in [3.05, 3.63) is 23.2 Å². The fourth-order valence-electron chi connectivity index (χ4n) is 2.19. The van der Waals surface area contributed by atoms with Gasteiger partial charge in [-0.3, -0.25) is 4.79 Å². The van der Waals surface area contributed by atoms with E-state index in [0.29, 0.717) is 43.3 Å². The molecule has 0 aliphatic carbocycles. The van der Waals surface area contributed by atoms with E-state index in [9.17, 15) is 13.2 Å². The highest BCUT2D eigenvalue weighted by molar-refractivity contribution is 7.89. The van der Waals surface area contributed by atoms with Gasteiger partial charge in [0, 0.05) is 31.7 Å². The van der Waals surface area contributed by atoms with Crippen molar-refractivity contribution in [3.8, 4) is 0 Å². The second kappa shape index (κ2) is 10.7. The van der Waals surface area contributed by atoms with Gasteiger partial charge in [0.05, 0.1) is 12.1 Å². The van der Waals surface area contributed by atoms with Gasteiger partial charge >= 0.3 is 5.97 Å². The second-order valence-corrected chi connectivity index (χ2v) is 8.02. The lowest BCUT2D eigenvalue weighted by molar-refractivity contribution is -0.140. The molecule has 0 aliphatic rings. The van der Waals surface area contributed by atoms with E-state index in [1.165, 1.54) is 23.5 Å². The van der Waals surface area contributed by atoms with E-state index >= 15 is 0 Å². The van der Waals surface area contributed by atoms with Crippen molar-refractivity contribution in [2.75, 3.05) is 32.1 Å². The van der Waals surface area contributed by atoms with E-state index in [0.717, 1.165) is 0 Å². The van der Waals surface area contributed by atoms with E-state index in [4.69, 9.17) is 23.8 Å². The summed E-state index contributed by atoms with van der Waals surface area (Å²) >= 11 is 11.3. The van der Waals surface area contributed by atoms with Crippen LogP contribution >= 0.6 is 23.8 Å². The standard InChI is InChI=1S/C16H24ClN3O4S2/c1-4-20(5-2)26(22,23)14-11-12(8-9-13(14)17)19-16(25)18-10-6-7-15(21)24-3/h8-9,11H,4-7,10H2,1-3H3,(H2,18,19,25). The van der Waals surface area contributed by atoms with Gasteiger partial charge in [-0.2, -0.15) is 4.31 Å². The molecule has 0 saturated carbocycles. The number of carbonyl (C=O) groups excluding carboxylic acids is 1. The molecule has 0 spiro atoms. The van der Waals surface area contributed by atoms with Crippen LogP contribution in [0.5, 0.6) is 0 Å². The predicted octanol–water partition coefficient (Wildman–Crippen LogP) is 2.61. The van der Waals surface area contributed by atoms with Crippen LogP contribution in [-0.4, -0.2) is 50.5 Å². The lowest BCUT2D eigenvalue weighted by atomic mass is 10.3. The summed E-state index contributed by atoms with van der Waals surface area (Å²) in [6.45, 7) is 4.73. The van der Waals surface area contributed by atoms with Crippen molar-refractivity contribution in [1.29, 1.82) is 0 Å². The average Bonchev–Trinajstić information content (AvgIpc) is 2.60. The number of sulfonamides is 1. The monoisotopic (exact) mass is 421 g/mol. The van der Waals surface area contributed by atoms with E-state index in [2.05, 4.69) is 15.4 Å². The normalized spacial score (nSPS) is 11.3. The molecule has 10 heteroatoms. The number of carbonyl (C=O) groups is 1. The molecule has 7 nitrogen and oxygen atoms in total. The van der Waals surface area contributed by atoms with E-state index < -0.39 is 10.0 Å². The first-order valence-corrected chi connectivity index (χ1v) is 10.4. The molecule has 1 rings (SSSR count). The summed E-state index contributed by atoms with van der Waals surface area (Å²) in [6.07, 6.45) is 0.857. The Hall–Kier alpha value is -1.42. The van der Waals surface area contributed by atoms with Crippen LogP contribution in [0.15, 0.2) is 23.1 Å². The Kier molecular flexibility index (Phi) is 9.28. The fourth-order valence-corrected chi connectivity index (χ4v) is 4.37. The maximum atomic E-state index is 12.7. The van der Waals surface area contributed by atoms with Crippen molar-refractivity contribution in [3.63, 3.8) is 0 Å². The highest BCUT2D eigenvalue weighted by atomic mass is 35.5. The molecule has 0 atom stereocenters. The van der Waals surface area contributed by atoms with Gasteiger partial charge < -0.3 is 15.4 Å². The number of nitrogens with one attached hydrogen (secondary N) is 2. The van der Waals surface area contributed by atoms with Crippen LogP contribution in [0.25, 0.3) is 0 Å². The molecule has 146 valence electrons. The first-order chi connectivity index (χ1) is 12.3. The number of anilines is 1. The molecule has 0 fully saturated rings. The zero-order valence-corrected chi connectivity index (χ0v) is 17.4. The van der Waals surface area contributed by atoms with Gasteiger partial charge in [-0.15, -0.1) is 0 Å². The number of ether oxygens (including phenoxy) is 1. The first-order valence-electron chi connectivity index (χ1n) is 8.17. The van der Waals surface area contributed by atoms with Gasteiger partial charge in [-0.25, -0.2) is 8.42 Å². The summed E-state index contributed by atoms with van der Waals surface area (Å²) in [6, 6.07) is 4.62. The molecule has 0 aromatic heterocycles. The summed E-state index contributed by atoms with van der Waals surface area (Å²) in [5.74, 6) is -0.283. The van der Waals surface area contributed by atoms with Crippen molar-refractivity contribution >= 4 is 50.6 Å². The molecule has 0 heterocycles. The highest BCUT2D eigenvalue weighted by Gasteiger charge is 2.24. The molecule has 2 N–H and O–H groups in total. The van der Waals surface area contributed by atoms with Crippen LogP contribution in [0.1, 0.15) is 26.7 Å². The van der Waals surface area contributed by atoms with Crippen LogP contribution < -0.4 is 10.6 Å². The third kappa shape index (κ3) is 6.39. The zero-order chi connectivity index (χ0) is 19.7. The smallest absolute Gasteiger partial charge is 0.305 e. The number of halogens is 1. The van der Waals surface area contributed by atoms with Crippen LogP contribution in [0.4, 0.5) is 5.69 Å². The minimum Gasteiger partial charge on any atom is -0.469 e. The van der Waals surface area contributed by atoms with Crippen molar-refractivity contribution in [1.82, 2.24) is 9.62 Å².